The SMILES string of the molecule is CC[C@]12/C=C\CCCCOC(=O)[C@H]1[C@H]1C(=O)N([C@H](CO)c3ccccc3)C3C(=O)N(c4ccc5ccccc5c4)CC=C[C@@]31O2. The Bertz CT molecular complexity index is 1690. The summed E-state index contributed by atoms with van der Waals surface area (Å²) in [5, 5.41) is 12.9. The number of carbonyl (C=O) groups is 3. The van der Waals surface area contributed by atoms with Gasteiger partial charge in [-0.15, -0.1) is 0 Å². The van der Waals surface area contributed by atoms with Gasteiger partial charge in [0, 0.05) is 12.2 Å². The highest BCUT2D eigenvalue weighted by atomic mass is 16.6. The molecule has 4 heterocycles. The Labute approximate surface area is 262 Å². The summed E-state index contributed by atoms with van der Waals surface area (Å²) in [6.07, 6.45) is 10.5. The van der Waals surface area contributed by atoms with E-state index in [4.69, 9.17) is 9.47 Å². The molecule has 7 rings (SSSR count). The van der Waals surface area contributed by atoms with E-state index in [2.05, 4.69) is 0 Å². The molecule has 3 aromatic carbocycles. The van der Waals surface area contributed by atoms with E-state index in [1.54, 1.807) is 4.90 Å². The molecule has 6 atom stereocenters. The van der Waals surface area contributed by atoms with Crippen molar-refractivity contribution in [3.63, 3.8) is 0 Å². The van der Waals surface area contributed by atoms with Gasteiger partial charge in [-0.2, -0.15) is 0 Å². The lowest BCUT2D eigenvalue weighted by Gasteiger charge is -2.41. The number of rotatable bonds is 5. The number of cyclic esters (lactones) is 1. The maximum atomic E-state index is 15.0. The molecule has 0 bridgehead atoms. The number of amides is 2. The molecule has 1 N–H and O–H groups in total. The third-order valence-electron chi connectivity index (χ3n) is 10.1. The number of fused-ring (bicyclic) bond motifs is 3. The van der Waals surface area contributed by atoms with Crippen LogP contribution in [0.3, 0.4) is 0 Å². The fourth-order valence-electron chi connectivity index (χ4n) is 7.92. The second-order valence-corrected chi connectivity index (χ2v) is 12.4. The number of nitrogens with zero attached hydrogens (tertiary/aromatic N) is 2. The fraction of sp³-hybridized carbons (Fsp3) is 0.378. The van der Waals surface area contributed by atoms with Crippen molar-refractivity contribution < 1.29 is 29.0 Å². The van der Waals surface area contributed by atoms with Gasteiger partial charge in [0.05, 0.1) is 25.2 Å². The van der Waals surface area contributed by atoms with Crippen LogP contribution in [0.5, 0.6) is 0 Å². The molecule has 45 heavy (non-hydrogen) atoms. The summed E-state index contributed by atoms with van der Waals surface area (Å²) in [6, 6.07) is 21.1. The van der Waals surface area contributed by atoms with Crippen molar-refractivity contribution in [3.8, 4) is 0 Å². The largest absolute Gasteiger partial charge is 0.465 e. The number of likely N-dealkylation sites (tertiary alicyclic amines) is 1. The number of allylic oxidation sites excluding steroid dienone is 1. The highest BCUT2D eigenvalue weighted by Gasteiger charge is 2.76. The zero-order valence-electron chi connectivity index (χ0n) is 25.4. The van der Waals surface area contributed by atoms with E-state index < -0.39 is 53.6 Å². The van der Waals surface area contributed by atoms with E-state index in [1.165, 1.54) is 4.90 Å². The molecule has 2 fully saturated rings. The van der Waals surface area contributed by atoms with Gasteiger partial charge < -0.3 is 24.4 Å². The number of ether oxygens (including phenoxy) is 2. The number of hydrogen-bond acceptors (Lipinski definition) is 6. The van der Waals surface area contributed by atoms with Gasteiger partial charge in [-0.1, -0.05) is 91.9 Å². The molecule has 0 aliphatic carbocycles. The number of aliphatic hydroxyl groups is 1. The van der Waals surface area contributed by atoms with Crippen molar-refractivity contribution in [3.05, 3.63) is 103 Å². The summed E-state index contributed by atoms with van der Waals surface area (Å²) in [5.74, 6) is -3.20. The number of benzene rings is 3. The number of aliphatic hydroxyl groups excluding tert-OH is 1. The molecular formula is C37H38N2O6. The van der Waals surface area contributed by atoms with Crippen LogP contribution >= 0.6 is 0 Å². The fourth-order valence-corrected chi connectivity index (χ4v) is 7.92. The first-order valence-corrected chi connectivity index (χ1v) is 15.9. The smallest absolute Gasteiger partial charge is 0.313 e. The van der Waals surface area contributed by atoms with Crippen molar-refractivity contribution in [2.75, 3.05) is 24.7 Å². The average molecular weight is 607 g/mol. The number of carbonyl (C=O) groups excluding carboxylic acids is 3. The van der Waals surface area contributed by atoms with Gasteiger partial charge in [-0.25, -0.2) is 0 Å². The topological polar surface area (TPSA) is 96.4 Å². The van der Waals surface area contributed by atoms with Gasteiger partial charge in [0.25, 0.3) is 5.91 Å². The van der Waals surface area contributed by atoms with Gasteiger partial charge in [0.1, 0.15) is 23.2 Å². The van der Waals surface area contributed by atoms with Crippen LogP contribution < -0.4 is 4.90 Å². The third kappa shape index (κ3) is 4.61. The van der Waals surface area contributed by atoms with Crippen LogP contribution in [0.1, 0.15) is 44.2 Å². The van der Waals surface area contributed by atoms with Crippen molar-refractivity contribution >= 4 is 34.2 Å². The van der Waals surface area contributed by atoms with Crippen LogP contribution in [0.4, 0.5) is 5.69 Å². The first-order valence-electron chi connectivity index (χ1n) is 15.9. The lowest BCUT2D eigenvalue weighted by molar-refractivity contribution is -0.161. The molecule has 232 valence electrons. The molecule has 8 nitrogen and oxygen atoms in total. The Hall–Kier alpha value is -4.27. The van der Waals surface area contributed by atoms with Gasteiger partial charge in [0.15, 0.2) is 0 Å². The Morgan fingerprint density at radius 3 is 2.44 bits per heavy atom. The molecule has 1 unspecified atom stereocenters. The minimum Gasteiger partial charge on any atom is -0.465 e. The third-order valence-corrected chi connectivity index (χ3v) is 10.1. The van der Waals surface area contributed by atoms with Crippen LogP contribution in [0.25, 0.3) is 10.8 Å². The van der Waals surface area contributed by atoms with Crippen LogP contribution in [0, 0.1) is 11.8 Å². The summed E-state index contributed by atoms with van der Waals surface area (Å²) in [4.78, 5) is 47.1. The summed E-state index contributed by atoms with van der Waals surface area (Å²) in [7, 11) is 0. The monoisotopic (exact) mass is 606 g/mol. The maximum absolute atomic E-state index is 15.0. The summed E-state index contributed by atoms with van der Waals surface area (Å²) < 4.78 is 12.9. The molecule has 2 amide bonds. The van der Waals surface area contributed by atoms with Gasteiger partial charge in [-0.3, -0.25) is 14.4 Å². The quantitative estimate of drug-likeness (QED) is 0.320. The van der Waals surface area contributed by atoms with Crippen LogP contribution in [0.2, 0.25) is 0 Å². The second-order valence-electron chi connectivity index (χ2n) is 12.4. The van der Waals surface area contributed by atoms with E-state index >= 15 is 4.79 Å². The zero-order valence-corrected chi connectivity index (χ0v) is 25.4. The molecule has 0 radical (unpaired) electrons. The highest BCUT2D eigenvalue weighted by Crippen LogP contribution is 2.59. The van der Waals surface area contributed by atoms with E-state index in [-0.39, 0.29) is 19.1 Å². The van der Waals surface area contributed by atoms with Crippen molar-refractivity contribution in [2.45, 2.75) is 55.9 Å². The molecule has 2 saturated heterocycles. The van der Waals surface area contributed by atoms with Gasteiger partial charge in [-0.05, 0) is 54.2 Å². The number of anilines is 1. The molecule has 1 spiro atoms. The Morgan fingerprint density at radius 2 is 1.67 bits per heavy atom. The minimum atomic E-state index is -1.46. The minimum absolute atomic E-state index is 0.257. The zero-order chi connectivity index (χ0) is 31.2. The first kappa shape index (κ1) is 29.4. The molecular weight excluding hydrogens is 568 g/mol. The predicted molar refractivity (Wildman–Crippen MR) is 170 cm³/mol. The molecule has 0 aromatic heterocycles. The van der Waals surface area contributed by atoms with Gasteiger partial charge >= 0.3 is 5.97 Å². The predicted octanol–water partition coefficient (Wildman–Crippen LogP) is 5.12. The Balaban J connectivity index is 1.41. The molecule has 0 saturated carbocycles. The van der Waals surface area contributed by atoms with E-state index in [0.717, 1.165) is 30.0 Å². The van der Waals surface area contributed by atoms with Crippen LogP contribution in [-0.4, -0.2) is 64.8 Å². The highest BCUT2D eigenvalue weighted by molar-refractivity contribution is 6.06. The van der Waals surface area contributed by atoms with E-state index in [0.29, 0.717) is 17.7 Å². The molecule has 8 heteroatoms. The van der Waals surface area contributed by atoms with Gasteiger partial charge in [0.2, 0.25) is 5.91 Å². The average Bonchev–Trinajstić information content (AvgIpc) is 3.42. The maximum Gasteiger partial charge on any atom is 0.313 e. The summed E-state index contributed by atoms with van der Waals surface area (Å²) >= 11 is 0. The Morgan fingerprint density at radius 1 is 0.889 bits per heavy atom. The summed E-state index contributed by atoms with van der Waals surface area (Å²) in [5.41, 5.74) is -1.21. The second kappa shape index (κ2) is 11.6. The molecule has 4 aliphatic rings. The van der Waals surface area contributed by atoms with Crippen molar-refractivity contribution in [1.29, 1.82) is 0 Å². The van der Waals surface area contributed by atoms with E-state index in [9.17, 15) is 14.7 Å². The standard InChI is InChI=1S/C37H38N2O6/c1-2-36-19-10-3-4-11-22-44-35(43)31(36)30-33(41)39(29(24-40)26-14-6-5-7-15-26)32-34(42)38(21-12-20-37(30,32)45-36)28-18-17-25-13-8-9-16-27(25)23-28/h5-10,12-20,23,29-32,40H,2-4,11,21-22,24H2,1H3/b19-10-/t29-,30+,31-,32?,36+,37+/m1/s1. The van der Waals surface area contributed by atoms with Crippen molar-refractivity contribution in [1.82, 2.24) is 4.90 Å². The lowest BCUT2D eigenvalue weighted by atomic mass is 9.73. The molecule has 3 aromatic rings. The van der Waals surface area contributed by atoms with Crippen LogP contribution in [-0.2, 0) is 23.9 Å². The lowest BCUT2D eigenvalue weighted by Crippen LogP contribution is -2.57. The van der Waals surface area contributed by atoms with Crippen molar-refractivity contribution in [2.24, 2.45) is 11.8 Å². The normalized spacial score (nSPS) is 31.2. The van der Waals surface area contributed by atoms with E-state index in [1.807, 2.05) is 104 Å². The molecule has 4 aliphatic heterocycles. The number of hydrogen-bond donors (Lipinski definition) is 1. The summed E-state index contributed by atoms with van der Waals surface area (Å²) in [6.45, 7) is 2.05. The first-order chi connectivity index (χ1) is 21.9. The Kier molecular flexibility index (Phi) is 7.58. The number of esters is 1. The van der Waals surface area contributed by atoms with Crippen LogP contribution in [0.15, 0.2) is 97.1 Å².